The van der Waals surface area contributed by atoms with E-state index in [1.54, 1.807) is 6.20 Å². The topological polar surface area (TPSA) is 57.6 Å². The Labute approximate surface area is 108 Å². The van der Waals surface area contributed by atoms with Crippen molar-refractivity contribution in [3.8, 4) is 0 Å². The minimum atomic E-state index is -0.384. The number of nitrogens with one attached hydrogen (secondary N) is 1. The van der Waals surface area contributed by atoms with Crippen molar-refractivity contribution in [2.75, 3.05) is 44.7 Å². The number of nitrogens with zero attached hydrogens (tertiary/aromatic N) is 2. The van der Waals surface area contributed by atoms with E-state index in [1.165, 1.54) is 0 Å². The highest BCUT2D eigenvalue weighted by Gasteiger charge is 2.14. The molecular formula is C13H21N3O2. The molecule has 18 heavy (non-hydrogen) atoms. The Morgan fingerprint density at radius 3 is 3.00 bits per heavy atom. The molecule has 0 amide bonds. The maximum Gasteiger partial charge on any atom is 0.126 e. The van der Waals surface area contributed by atoms with Crippen LogP contribution in [-0.4, -0.2) is 60.5 Å². The predicted octanol–water partition coefficient (Wildman–Crippen LogP) is 0.495. The number of ether oxygens (including phenoxy) is 1. The molecule has 1 aliphatic heterocycles. The van der Waals surface area contributed by atoms with Gasteiger partial charge in [0.05, 0.1) is 19.3 Å². The minimum Gasteiger partial charge on any atom is -0.390 e. The Bertz CT molecular complexity index is 367. The van der Waals surface area contributed by atoms with Crippen LogP contribution in [0.15, 0.2) is 18.3 Å². The molecule has 1 aromatic heterocycles. The van der Waals surface area contributed by atoms with Crippen LogP contribution in [0.2, 0.25) is 0 Å². The zero-order valence-electron chi connectivity index (χ0n) is 10.8. The summed E-state index contributed by atoms with van der Waals surface area (Å²) in [4.78, 5) is 6.42. The van der Waals surface area contributed by atoms with E-state index in [0.29, 0.717) is 13.1 Å². The Hall–Kier alpha value is -1.17. The van der Waals surface area contributed by atoms with E-state index in [0.717, 1.165) is 37.7 Å². The van der Waals surface area contributed by atoms with Crippen LogP contribution >= 0.6 is 0 Å². The number of hydrogen-bond donors (Lipinski definition) is 2. The van der Waals surface area contributed by atoms with Gasteiger partial charge in [0.1, 0.15) is 5.82 Å². The fraction of sp³-hybridized carbons (Fsp3) is 0.615. The van der Waals surface area contributed by atoms with Crippen molar-refractivity contribution in [3.05, 3.63) is 23.9 Å². The highest BCUT2D eigenvalue weighted by molar-refractivity contribution is 5.36. The van der Waals surface area contributed by atoms with Crippen molar-refractivity contribution in [1.29, 1.82) is 0 Å². The monoisotopic (exact) mass is 251 g/mol. The average molecular weight is 251 g/mol. The molecule has 0 aromatic carbocycles. The number of aryl methyl sites for hydroxylation is 1. The lowest BCUT2D eigenvalue weighted by molar-refractivity contribution is 0.0171. The summed E-state index contributed by atoms with van der Waals surface area (Å²) in [6, 6.07) is 3.93. The van der Waals surface area contributed by atoms with Crippen LogP contribution in [0.3, 0.4) is 0 Å². The molecule has 5 heteroatoms. The van der Waals surface area contributed by atoms with Crippen molar-refractivity contribution < 1.29 is 9.84 Å². The third-order valence-electron chi connectivity index (χ3n) is 3.01. The number of anilines is 1. The second-order valence-electron chi connectivity index (χ2n) is 4.67. The summed E-state index contributed by atoms with van der Waals surface area (Å²) >= 11 is 0. The molecule has 1 aromatic rings. The van der Waals surface area contributed by atoms with E-state index in [9.17, 15) is 5.11 Å². The van der Waals surface area contributed by atoms with Crippen LogP contribution in [0.1, 0.15) is 5.56 Å². The quantitative estimate of drug-likeness (QED) is 0.798. The molecule has 0 spiro atoms. The lowest BCUT2D eigenvalue weighted by Crippen LogP contribution is -2.42. The van der Waals surface area contributed by atoms with Crippen molar-refractivity contribution in [1.82, 2.24) is 9.88 Å². The van der Waals surface area contributed by atoms with Crippen molar-refractivity contribution >= 4 is 5.82 Å². The van der Waals surface area contributed by atoms with Gasteiger partial charge >= 0.3 is 0 Å². The van der Waals surface area contributed by atoms with Gasteiger partial charge < -0.3 is 15.2 Å². The second-order valence-corrected chi connectivity index (χ2v) is 4.67. The van der Waals surface area contributed by atoms with Gasteiger partial charge in [-0.2, -0.15) is 0 Å². The summed E-state index contributed by atoms with van der Waals surface area (Å²) in [7, 11) is 0. The molecule has 1 unspecified atom stereocenters. The number of hydrogen-bond acceptors (Lipinski definition) is 5. The van der Waals surface area contributed by atoms with E-state index >= 15 is 0 Å². The van der Waals surface area contributed by atoms with Gasteiger partial charge in [0, 0.05) is 32.4 Å². The second kappa shape index (κ2) is 6.68. The van der Waals surface area contributed by atoms with Crippen LogP contribution in [0, 0.1) is 6.92 Å². The molecule has 1 fully saturated rings. The third-order valence-corrected chi connectivity index (χ3v) is 3.01. The van der Waals surface area contributed by atoms with Gasteiger partial charge in [0.15, 0.2) is 0 Å². The standard InChI is InChI=1S/C13H21N3O2/c1-11-2-3-14-13(8-11)15-9-12(17)10-16-4-6-18-7-5-16/h2-3,8,12,17H,4-7,9-10H2,1H3,(H,14,15). The fourth-order valence-corrected chi connectivity index (χ4v) is 2.00. The molecule has 1 saturated heterocycles. The van der Waals surface area contributed by atoms with Crippen LogP contribution in [0.25, 0.3) is 0 Å². The number of rotatable bonds is 5. The number of pyridine rings is 1. The van der Waals surface area contributed by atoms with E-state index in [4.69, 9.17) is 4.74 Å². The van der Waals surface area contributed by atoms with Crippen molar-refractivity contribution in [2.45, 2.75) is 13.0 Å². The van der Waals surface area contributed by atoms with Crippen LogP contribution in [0.5, 0.6) is 0 Å². The van der Waals surface area contributed by atoms with Crippen LogP contribution in [0.4, 0.5) is 5.82 Å². The number of aromatic nitrogens is 1. The lowest BCUT2D eigenvalue weighted by atomic mass is 10.2. The molecule has 2 heterocycles. The summed E-state index contributed by atoms with van der Waals surface area (Å²) in [5.74, 6) is 0.816. The first-order valence-corrected chi connectivity index (χ1v) is 6.39. The Morgan fingerprint density at radius 1 is 1.50 bits per heavy atom. The van der Waals surface area contributed by atoms with Gasteiger partial charge in [-0.25, -0.2) is 4.98 Å². The normalized spacial score (nSPS) is 18.6. The van der Waals surface area contributed by atoms with Gasteiger partial charge in [-0.3, -0.25) is 4.90 Å². The highest BCUT2D eigenvalue weighted by atomic mass is 16.5. The Balaban J connectivity index is 1.72. The first-order chi connectivity index (χ1) is 8.74. The first-order valence-electron chi connectivity index (χ1n) is 6.39. The summed E-state index contributed by atoms with van der Waals surface area (Å²) < 4.78 is 5.27. The molecule has 0 radical (unpaired) electrons. The third kappa shape index (κ3) is 4.25. The fourth-order valence-electron chi connectivity index (χ4n) is 2.00. The zero-order valence-corrected chi connectivity index (χ0v) is 10.8. The van der Waals surface area contributed by atoms with Gasteiger partial charge in [0.25, 0.3) is 0 Å². The number of aliphatic hydroxyl groups is 1. The van der Waals surface area contributed by atoms with Gasteiger partial charge in [-0.15, -0.1) is 0 Å². The van der Waals surface area contributed by atoms with Crippen LogP contribution < -0.4 is 5.32 Å². The molecule has 1 atom stereocenters. The highest BCUT2D eigenvalue weighted by Crippen LogP contribution is 2.05. The van der Waals surface area contributed by atoms with Crippen molar-refractivity contribution in [2.24, 2.45) is 0 Å². The van der Waals surface area contributed by atoms with E-state index < -0.39 is 0 Å². The van der Waals surface area contributed by atoms with Gasteiger partial charge in [0.2, 0.25) is 0 Å². The molecule has 1 aliphatic rings. The molecule has 100 valence electrons. The van der Waals surface area contributed by atoms with Crippen LogP contribution in [-0.2, 0) is 4.74 Å². The number of β-amino-alcohol motifs (C(OH)–C–C–N with tert-alkyl or cyclic N) is 1. The largest absolute Gasteiger partial charge is 0.390 e. The lowest BCUT2D eigenvalue weighted by Gasteiger charge is -2.28. The molecule has 0 saturated carbocycles. The molecule has 2 rings (SSSR count). The predicted molar refractivity (Wildman–Crippen MR) is 70.7 cm³/mol. The number of morpholine rings is 1. The van der Waals surface area contributed by atoms with Gasteiger partial charge in [-0.1, -0.05) is 0 Å². The first kappa shape index (κ1) is 13.3. The molecule has 2 N–H and O–H groups in total. The van der Waals surface area contributed by atoms with Crippen molar-refractivity contribution in [3.63, 3.8) is 0 Å². The summed E-state index contributed by atoms with van der Waals surface area (Å²) in [5.41, 5.74) is 1.16. The zero-order chi connectivity index (χ0) is 12.8. The molecule has 0 bridgehead atoms. The number of aliphatic hydroxyl groups excluding tert-OH is 1. The summed E-state index contributed by atoms with van der Waals surface area (Å²) in [6.07, 6.45) is 1.39. The smallest absolute Gasteiger partial charge is 0.126 e. The maximum absolute atomic E-state index is 9.96. The molecule has 5 nitrogen and oxygen atoms in total. The summed E-state index contributed by atoms with van der Waals surface area (Å²) in [5, 5.41) is 13.1. The van der Waals surface area contributed by atoms with Gasteiger partial charge in [-0.05, 0) is 24.6 Å². The minimum absolute atomic E-state index is 0.384. The molecule has 0 aliphatic carbocycles. The summed E-state index contributed by atoms with van der Waals surface area (Å²) in [6.45, 7) is 6.56. The van der Waals surface area contributed by atoms with E-state index in [2.05, 4.69) is 15.2 Å². The Morgan fingerprint density at radius 2 is 2.28 bits per heavy atom. The van der Waals surface area contributed by atoms with E-state index in [1.807, 2.05) is 19.1 Å². The maximum atomic E-state index is 9.96. The SMILES string of the molecule is Cc1ccnc(NCC(O)CN2CCOCC2)c1. The Kier molecular flexibility index (Phi) is 4.92. The average Bonchev–Trinajstić information content (AvgIpc) is 2.38. The molecular weight excluding hydrogens is 230 g/mol. The van der Waals surface area contributed by atoms with E-state index in [-0.39, 0.29) is 6.10 Å².